The van der Waals surface area contributed by atoms with Gasteiger partial charge in [-0.15, -0.1) is 0 Å². The largest absolute Gasteiger partial charge is 0.255 e. The van der Waals surface area contributed by atoms with Crippen LogP contribution >= 0.6 is 0 Å². The average Bonchev–Trinajstić information content (AvgIpc) is 2.27. The molecule has 0 aliphatic carbocycles. The topological polar surface area (TPSA) is 36.7 Å². The molecule has 0 saturated carbocycles. The standard InChI is InChI=1S/C12H10N2/c1-2-9-3-4-11-5-10(7-13)8-14-12(11)6-9/h3-6,8H,2H2,1H3. The Morgan fingerprint density at radius 1 is 1.36 bits per heavy atom. The zero-order chi connectivity index (χ0) is 9.97. The fraction of sp³-hybridized carbons (Fsp3) is 0.167. The van der Waals surface area contributed by atoms with Crippen LogP contribution in [0.4, 0.5) is 0 Å². The summed E-state index contributed by atoms with van der Waals surface area (Å²) in [4.78, 5) is 4.24. The summed E-state index contributed by atoms with van der Waals surface area (Å²) in [5.74, 6) is 0. The third kappa shape index (κ3) is 1.45. The minimum Gasteiger partial charge on any atom is -0.255 e. The molecule has 2 rings (SSSR count). The summed E-state index contributed by atoms with van der Waals surface area (Å²) >= 11 is 0. The first-order valence-electron chi connectivity index (χ1n) is 4.62. The minimum absolute atomic E-state index is 0.613. The molecule has 0 fully saturated rings. The molecule has 0 aliphatic heterocycles. The van der Waals surface area contributed by atoms with Crippen LogP contribution in [0, 0.1) is 11.3 Å². The van der Waals surface area contributed by atoms with Crippen LogP contribution in [0.5, 0.6) is 0 Å². The lowest BCUT2D eigenvalue weighted by molar-refractivity contribution is 1.14. The highest BCUT2D eigenvalue weighted by molar-refractivity contribution is 5.80. The number of aromatic nitrogens is 1. The number of hydrogen-bond donors (Lipinski definition) is 0. The number of benzene rings is 1. The van der Waals surface area contributed by atoms with Crippen LogP contribution in [0.25, 0.3) is 10.9 Å². The van der Waals surface area contributed by atoms with Gasteiger partial charge in [0.15, 0.2) is 0 Å². The molecule has 0 amide bonds. The summed E-state index contributed by atoms with van der Waals surface area (Å²) < 4.78 is 0. The number of pyridine rings is 1. The van der Waals surface area contributed by atoms with Gasteiger partial charge in [-0.1, -0.05) is 19.1 Å². The molecule has 0 radical (unpaired) electrons. The van der Waals surface area contributed by atoms with Crippen molar-refractivity contribution in [2.45, 2.75) is 13.3 Å². The van der Waals surface area contributed by atoms with Crippen molar-refractivity contribution in [3.63, 3.8) is 0 Å². The Labute approximate surface area is 82.8 Å². The summed E-state index contributed by atoms with van der Waals surface area (Å²) in [7, 11) is 0. The molecule has 0 saturated heterocycles. The molecule has 1 aromatic carbocycles. The zero-order valence-corrected chi connectivity index (χ0v) is 7.99. The third-order valence-electron chi connectivity index (χ3n) is 2.29. The average molecular weight is 182 g/mol. The second-order valence-electron chi connectivity index (χ2n) is 3.22. The predicted molar refractivity (Wildman–Crippen MR) is 55.8 cm³/mol. The second-order valence-corrected chi connectivity index (χ2v) is 3.22. The highest BCUT2D eigenvalue weighted by Crippen LogP contribution is 2.15. The lowest BCUT2D eigenvalue weighted by Crippen LogP contribution is -1.85. The molecule has 68 valence electrons. The number of nitriles is 1. The molecule has 2 heteroatoms. The van der Waals surface area contributed by atoms with Gasteiger partial charge < -0.3 is 0 Å². The molecule has 0 spiro atoms. The molecular weight excluding hydrogens is 172 g/mol. The zero-order valence-electron chi connectivity index (χ0n) is 7.99. The summed E-state index contributed by atoms with van der Waals surface area (Å²) in [6.07, 6.45) is 2.62. The van der Waals surface area contributed by atoms with Gasteiger partial charge in [-0.05, 0) is 24.1 Å². The first-order valence-corrected chi connectivity index (χ1v) is 4.62. The Bertz CT molecular complexity index is 509. The van der Waals surface area contributed by atoms with E-state index in [0.717, 1.165) is 17.3 Å². The van der Waals surface area contributed by atoms with Crippen molar-refractivity contribution < 1.29 is 0 Å². The van der Waals surface area contributed by atoms with E-state index in [-0.39, 0.29) is 0 Å². The minimum atomic E-state index is 0.613. The Kier molecular flexibility index (Phi) is 2.16. The highest BCUT2D eigenvalue weighted by atomic mass is 14.6. The van der Waals surface area contributed by atoms with Crippen molar-refractivity contribution in [2.75, 3.05) is 0 Å². The maximum absolute atomic E-state index is 8.71. The number of fused-ring (bicyclic) bond motifs is 1. The Morgan fingerprint density at radius 3 is 2.93 bits per heavy atom. The van der Waals surface area contributed by atoms with E-state index in [1.54, 1.807) is 6.20 Å². The number of aryl methyl sites for hydroxylation is 1. The summed E-state index contributed by atoms with van der Waals surface area (Å²) in [5.41, 5.74) is 2.85. The molecule has 0 aliphatic rings. The highest BCUT2D eigenvalue weighted by Gasteiger charge is 1.97. The molecule has 1 heterocycles. The number of hydrogen-bond acceptors (Lipinski definition) is 2. The van der Waals surface area contributed by atoms with Crippen molar-refractivity contribution >= 4 is 10.9 Å². The van der Waals surface area contributed by atoms with Crippen LogP contribution in [-0.4, -0.2) is 4.98 Å². The monoisotopic (exact) mass is 182 g/mol. The van der Waals surface area contributed by atoms with Gasteiger partial charge in [0.25, 0.3) is 0 Å². The van der Waals surface area contributed by atoms with Gasteiger partial charge in [0.2, 0.25) is 0 Å². The van der Waals surface area contributed by atoms with E-state index < -0.39 is 0 Å². The SMILES string of the molecule is CCc1ccc2cc(C#N)cnc2c1. The van der Waals surface area contributed by atoms with E-state index in [2.05, 4.69) is 30.1 Å². The molecular formula is C12H10N2. The van der Waals surface area contributed by atoms with Gasteiger partial charge in [0.05, 0.1) is 11.1 Å². The smallest absolute Gasteiger partial charge is 0.101 e. The van der Waals surface area contributed by atoms with E-state index in [0.29, 0.717) is 5.56 Å². The molecule has 0 bridgehead atoms. The van der Waals surface area contributed by atoms with E-state index >= 15 is 0 Å². The van der Waals surface area contributed by atoms with Crippen LogP contribution < -0.4 is 0 Å². The van der Waals surface area contributed by atoms with Crippen LogP contribution in [0.3, 0.4) is 0 Å². The van der Waals surface area contributed by atoms with Crippen molar-refractivity contribution in [1.29, 1.82) is 5.26 Å². The van der Waals surface area contributed by atoms with Gasteiger partial charge in [-0.3, -0.25) is 4.98 Å². The first kappa shape index (κ1) is 8.71. The fourth-order valence-electron chi connectivity index (χ4n) is 1.45. The number of rotatable bonds is 1. The van der Waals surface area contributed by atoms with E-state index in [9.17, 15) is 0 Å². The normalized spacial score (nSPS) is 10.0. The van der Waals surface area contributed by atoms with Gasteiger partial charge in [-0.2, -0.15) is 5.26 Å². The Morgan fingerprint density at radius 2 is 2.21 bits per heavy atom. The Balaban J connectivity index is 2.64. The second kappa shape index (κ2) is 3.47. The Hall–Kier alpha value is -1.88. The maximum atomic E-state index is 8.71. The summed E-state index contributed by atoms with van der Waals surface area (Å²) in [5, 5.41) is 9.74. The molecule has 2 nitrogen and oxygen atoms in total. The quantitative estimate of drug-likeness (QED) is 0.679. The van der Waals surface area contributed by atoms with E-state index in [1.165, 1.54) is 5.56 Å². The van der Waals surface area contributed by atoms with Crippen LogP contribution in [0.1, 0.15) is 18.1 Å². The fourth-order valence-corrected chi connectivity index (χ4v) is 1.45. The van der Waals surface area contributed by atoms with Crippen molar-refractivity contribution in [2.24, 2.45) is 0 Å². The molecule has 0 N–H and O–H groups in total. The van der Waals surface area contributed by atoms with E-state index in [4.69, 9.17) is 5.26 Å². The molecule has 2 aromatic rings. The van der Waals surface area contributed by atoms with Crippen LogP contribution in [0.15, 0.2) is 30.5 Å². The van der Waals surface area contributed by atoms with Gasteiger partial charge in [-0.25, -0.2) is 0 Å². The van der Waals surface area contributed by atoms with Gasteiger partial charge >= 0.3 is 0 Å². The molecule has 0 atom stereocenters. The van der Waals surface area contributed by atoms with Crippen LogP contribution in [0.2, 0.25) is 0 Å². The number of nitrogens with zero attached hydrogens (tertiary/aromatic N) is 2. The molecule has 1 aromatic heterocycles. The molecule has 0 unspecified atom stereocenters. The lowest BCUT2D eigenvalue weighted by atomic mass is 10.1. The maximum Gasteiger partial charge on any atom is 0.101 e. The predicted octanol–water partition coefficient (Wildman–Crippen LogP) is 2.67. The summed E-state index contributed by atoms with van der Waals surface area (Å²) in [6, 6.07) is 10.1. The van der Waals surface area contributed by atoms with Crippen molar-refractivity contribution in [3.8, 4) is 6.07 Å². The summed E-state index contributed by atoms with van der Waals surface area (Å²) in [6.45, 7) is 2.12. The third-order valence-corrected chi connectivity index (χ3v) is 2.29. The molecule has 14 heavy (non-hydrogen) atoms. The van der Waals surface area contributed by atoms with Crippen molar-refractivity contribution in [3.05, 3.63) is 41.6 Å². The lowest BCUT2D eigenvalue weighted by Gasteiger charge is -2.00. The van der Waals surface area contributed by atoms with Gasteiger partial charge in [0.1, 0.15) is 6.07 Å². The first-order chi connectivity index (χ1) is 6.83. The van der Waals surface area contributed by atoms with Crippen molar-refractivity contribution in [1.82, 2.24) is 4.98 Å². The van der Waals surface area contributed by atoms with Crippen LogP contribution in [-0.2, 0) is 6.42 Å². The van der Waals surface area contributed by atoms with Gasteiger partial charge in [0, 0.05) is 11.6 Å². The van der Waals surface area contributed by atoms with E-state index in [1.807, 2.05) is 12.1 Å².